The van der Waals surface area contributed by atoms with Crippen molar-refractivity contribution in [3.63, 3.8) is 0 Å². The first-order chi connectivity index (χ1) is 11.4. The van der Waals surface area contributed by atoms with Crippen molar-refractivity contribution in [3.8, 4) is 17.2 Å². The molecule has 0 aliphatic carbocycles. The van der Waals surface area contributed by atoms with Gasteiger partial charge in [-0.15, -0.1) is 0 Å². The zero-order valence-electron chi connectivity index (χ0n) is 13.5. The highest BCUT2D eigenvalue weighted by Crippen LogP contribution is 2.28. The van der Waals surface area contributed by atoms with E-state index in [1.807, 2.05) is 0 Å². The molecular weight excluding hydrogens is 314 g/mol. The number of carbonyl (C=O) groups excluding carboxylic acids is 1. The summed E-state index contributed by atoms with van der Waals surface area (Å²) in [5.41, 5.74) is 0.562. The summed E-state index contributed by atoms with van der Waals surface area (Å²) in [5.74, 6) is 1.08. The molecule has 0 fully saturated rings. The van der Waals surface area contributed by atoms with Gasteiger partial charge < -0.3 is 14.2 Å². The third-order valence-corrected chi connectivity index (χ3v) is 3.27. The van der Waals surface area contributed by atoms with Crippen LogP contribution in [0, 0.1) is 17.0 Å². The molecule has 24 heavy (non-hydrogen) atoms. The number of esters is 1. The van der Waals surface area contributed by atoms with Gasteiger partial charge in [-0.25, -0.2) is 4.79 Å². The lowest BCUT2D eigenvalue weighted by Crippen LogP contribution is -2.24. The van der Waals surface area contributed by atoms with E-state index in [1.165, 1.54) is 19.2 Å². The molecule has 0 aliphatic heterocycles. The predicted octanol–water partition coefficient (Wildman–Crippen LogP) is 3.64. The number of ether oxygens (including phenoxy) is 3. The third kappa shape index (κ3) is 4.22. The number of benzene rings is 2. The molecule has 0 radical (unpaired) electrons. The lowest BCUT2D eigenvalue weighted by molar-refractivity contribution is -0.385. The molecule has 7 nitrogen and oxygen atoms in total. The lowest BCUT2D eigenvalue weighted by atomic mass is 10.2. The van der Waals surface area contributed by atoms with Crippen LogP contribution in [0.1, 0.15) is 12.5 Å². The number of nitro benzene ring substituents is 1. The second-order valence-corrected chi connectivity index (χ2v) is 5.06. The summed E-state index contributed by atoms with van der Waals surface area (Å²) in [6.07, 6.45) is -0.709. The Morgan fingerprint density at radius 2 is 1.67 bits per heavy atom. The zero-order chi connectivity index (χ0) is 17.7. The van der Waals surface area contributed by atoms with Crippen molar-refractivity contribution in [1.82, 2.24) is 0 Å². The molecule has 0 spiro atoms. The molecule has 0 saturated carbocycles. The highest BCUT2D eigenvalue weighted by Gasteiger charge is 2.15. The van der Waals surface area contributed by atoms with Crippen LogP contribution < -0.4 is 9.47 Å². The zero-order valence-corrected chi connectivity index (χ0v) is 13.5. The Bertz CT molecular complexity index is 741. The minimum atomic E-state index is -0.709. The monoisotopic (exact) mass is 331 g/mol. The number of nitro groups is 1. The maximum atomic E-state index is 11.3. The van der Waals surface area contributed by atoms with Crippen LogP contribution in [-0.4, -0.2) is 24.1 Å². The van der Waals surface area contributed by atoms with Crippen LogP contribution in [0.3, 0.4) is 0 Å². The molecule has 0 N–H and O–H groups in total. The number of hydrogen-bond donors (Lipinski definition) is 0. The standard InChI is InChI=1S/C17H17NO6/c1-11-10-15(8-9-16(11)18(20)21)24-14-6-4-13(5-7-14)23-12(2)17(19)22-3/h4-10,12H,1-3H3. The van der Waals surface area contributed by atoms with Gasteiger partial charge in [0.2, 0.25) is 0 Å². The fraction of sp³-hybridized carbons (Fsp3) is 0.235. The Hall–Kier alpha value is -3.09. The van der Waals surface area contributed by atoms with E-state index in [0.717, 1.165) is 0 Å². The minimum Gasteiger partial charge on any atom is -0.479 e. The average molecular weight is 331 g/mol. The van der Waals surface area contributed by atoms with E-state index in [1.54, 1.807) is 44.2 Å². The number of methoxy groups -OCH3 is 1. The Morgan fingerprint density at radius 1 is 1.08 bits per heavy atom. The van der Waals surface area contributed by atoms with Crippen molar-refractivity contribution >= 4 is 11.7 Å². The molecule has 0 aromatic heterocycles. The van der Waals surface area contributed by atoms with E-state index in [4.69, 9.17) is 9.47 Å². The quantitative estimate of drug-likeness (QED) is 0.456. The minimum absolute atomic E-state index is 0.0443. The fourth-order valence-electron chi connectivity index (χ4n) is 2.04. The smallest absolute Gasteiger partial charge is 0.346 e. The van der Waals surface area contributed by atoms with Crippen molar-refractivity contribution in [2.75, 3.05) is 7.11 Å². The summed E-state index contributed by atoms with van der Waals surface area (Å²) in [7, 11) is 1.30. The molecule has 126 valence electrons. The molecule has 0 heterocycles. The highest BCUT2D eigenvalue weighted by molar-refractivity contribution is 5.74. The van der Waals surface area contributed by atoms with Crippen LogP contribution in [0.5, 0.6) is 17.2 Å². The van der Waals surface area contributed by atoms with Gasteiger partial charge >= 0.3 is 5.97 Å². The Labute approximate surface area is 138 Å². The lowest BCUT2D eigenvalue weighted by Gasteiger charge is -2.13. The first-order valence-electron chi connectivity index (χ1n) is 7.18. The molecule has 2 aromatic rings. The van der Waals surface area contributed by atoms with E-state index in [0.29, 0.717) is 22.8 Å². The molecule has 0 saturated heterocycles. The molecule has 0 aliphatic rings. The number of rotatable bonds is 6. The van der Waals surface area contributed by atoms with Gasteiger partial charge in [-0.1, -0.05) is 0 Å². The van der Waals surface area contributed by atoms with E-state index in [9.17, 15) is 14.9 Å². The van der Waals surface area contributed by atoms with Crippen LogP contribution in [0.25, 0.3) is 0 Å². The molecule has 0 amide bonds. The summed E-state index contributed by atoms with van der Waals surface area (Å²) >= 11 is 0. The van der Waals surface area contributed by atoms with Gasteiger partial charge in [0, 0.05) is 11.6 Å². The SMILES string of the molecule is COC(=O)C(C)Oc1ccc(Oc2ccc([N+](=O)[O-])c(C)c2)cc1. The maximum Gasteiger partial charge on any atom is 0.346 e. The van der Waals surface area contributed by atoms with E-state index >= 15 is 0 Å². The fourth-order valence-corrected chi connectivity index (χ4v) is 2.04. The highest BCUT2D eigenvalue weighted by atomic mass is 16.6. The number of nitrogens with zero attached hydrogens (tertiary/aromatic N) is 1. The van der Waals surface area contributed by atoms with Crippen LogP contribution in [0.15, 0.2) is 42.5 Å². The first-order valence-corrected chi connectivity index (χ1v) is 7.18. The predicted molar refractivity (Wildman–Crippen MR) is 86.5 cm³/mol. The van der Waals surface area contributed by atoms with Crippen LogP contribution in [0.4, 0.5) is 5.69 Å². The third-order valence-electron chi connectivity index (χ3n) is 3.27. The first kappa shape index (κ1) is 17.3. The van der Waals surface area contributed by atoms with Crippen molar-refractivity contribution in [2.24, 2.45) is 0 Å². The van der Waals surface area contributed by atoms with E-state index < -0.39 is 17.0 Å². The summed E-state index contributed by atoms with van der Waals surface area (Å²) in [6, 6.07) is 11.2. The largest absolute Gasteiger partial charge is 0.479 e. The average Bonchev–Trinajstić information content (AvgIpc) is 2.55. The summed E-state index contributed by atoms with van der Waals surface area (Å²) in [5, 5.41) is 10.8. The number of aryl methyl sites for hydroxylation is 1. The molecule has 0 bridgehead atoms. The topological polar surface area (TPSA) is 87.9 Å². The Kier molecular flexibility index (Phi) is 5.36. The van der Waals surface area contributed by atoms with Gasteiger partial charge in [0.25, 0.3) is 5.69 Å². The molecule has 1 atom stereocenters. The molecule has 2 aromatic carbocycles. The number of carbonyl (C=O) groups is 1. The van der Waals surface area contributed by atoms with Crippen LogP contribution in [0.2, 0.25) is 0 Å². The summed E-state index contributed by atoms with van der Waals surface area (Å²) in [6.45, 7) is 3.24. The van der Waals surface area contributed by atoms with Gasteiger partial charge in [0.15, 0.2) is 6.10 Å². The van der Waals surface area contributed by atoms with Gasteiger partial charge in [-0.2, -0.15) is 0 Å². The van der Waals surface area contributed by atoms with Gasteiger partial charge in [0.1, 0.15) is 17.2 Å². The molecule has 1 unspecified atom stereocenters. The van der Waals surface area contributed by atoms with Crippen molar-refractivity contribution < 1.29 is 23.9 Å². The van der Waals surface area contributed by atoms with Crippen LogP contribution >= 0.6 is 0 Å². The van der Waals surface area contributed by atoms with Crippen molar-refractivity contribution in [2.45, 2.75) is 20.0 Å². The second kappa shape index (κ2) is 7.45. The normalized spacial score (nSPS) is 11.5. The maximum absolute atomic E-state index is 11.3. The van der Waals surface area contributed by atoms with Crippen molar-refractivity contribution in [3.05, 3.63) is 58.1 Å². The van der Waals surface area contributed by atoms with E-state index in [-0.39, 0.29) is 5.69 Å². The Balaban J connectivity index is 2.05. The van der Waals surface area contributed by atoms with Gasteiger partial charge in [0.05, 0.1) is 12.0 Å². The molecule has 7 heteroatoms. The summed E-state index contributed by atoms with van der Waals surface area (Å²) < 4.78 is 15.7. The van der Waals surface area contributed by atoms with Gasteiger partial charge in [-0.3, -0.25) is 10.1 Å². The van der Waals surface area contributed by atoms with Crippen LogP contribution in [-0.2, 0) is 9.53 Å². The van der Waals surface area contributed by atoms with Crippen molar-refractivity contribution in [1.29, 1.82) is 0 Å². The number of hydrogen-bond acceptors (Lipinski definition) is 6. The molecular formula is C17H17NO6. The molecule has 2 rings (SSSR count). The second-order valence-electron chi connectivity index (χ2n) is 5.06. The summed E-state index contributed by atoms with van der Waals surface area (Å²) in [4.78, 5) is 21.7. The van der Waals surface area contributed by atoms with E-state index in [2.05, 4.69) is 4.74 Å². The van der Waals surface area contributed by atoms with Gasteiger partial charge in [-0.05, 0) is 50.2 Å². The Morgan fingerprint density at radius 3 is 2.21 bits per heavy atom.